The molecule has 0 saturated heterocycles. The Balaban J connectivity index is 2.40. The minimum Gasteiger partial charge on any atom is -0.305 e. The van der Waals surface area contributed by atoms with Gasteiger partial charge in [0.1, 0.15) is 0 Å². The van der Waals surface area contributed by atoms with Crippen LogP contribution in [0.2, 0.25) is 0 Å². The van der Waals surface area contributed by atoms with Crippen LogP contribution in [-0.2, 0) is 0 Å². The lowest BCUT2D eigenvalue weighted by Crippen LogP contribution is -1.90. The minimum atomic E-state index is 0.558. The van der Waals surface area contributed by atoms with Crippen LogP contribution >= 0.6 is 0 Å². The Hall–Kier alpha value is -2.40. The maximum Gasteiger partial charge on any atom is 0.0991 e. The minimum absolute atomic E-state index is 0.558. The van der Waals surface area contributed by atoms with E-state index in [1.54, 1.807) is 13.0 Å². The molecule has 0 unspecified atom stereocenters. The van der Waals surface area contributed by atoms with Crippen molar-refractivity contribution >= 4 is 5.71 Å². The molecule has 0 saturated carbocycles. The highest BCUT2D eigenvalue weighted by Gasteiger charge is 2.00. The average Bonchev–Trinajstić information content (AvgIpc) is 2.39. The number of nitriles is 1. The number of hydrogen-bond acceptors (Lipinski definition) is 2. The van der Waals surface area contributed by atoms with Crippen molar-refractivity contribution in [2.24, 2.45) is 0 Å². The third-order valence-electron chi connectivity index (χ3n) is 2.64. The maximum atomic E-state index is 8.85. The van der Waals surface area contributed by atoms with Crippen molar-refractivity contribution in [2.75, 3.05) is 0 Å². The average molecular weight is 220 g/mol. The molecular weight excluding hydrogens is 208 g/mol. The molecule has 2 aromatic carbocycles. The number of nitrogens with zero attached hydrogens (tertiary/aromatic N) is 1. The molecule has 0 fully saturated rings. The number of hydrogen-bond donors (Lipinski definition) is 1. The molecular formula is C15H12N2. The van der Waals surface area contributed by atoms with Gasteiger partial charge in [0.2, 0.25) is 0 Å². The van der Waals surface area contributed by atoms with Gasteiger partial charge >= 0.3 is 0 Å². The molecule has 1 N–H and O–H groups in total. The summed E-state index contributed by atoms with van der Waals surface area (Å²) in [6.45, 7) is 1.77. The van der Waals surface area contributed by atoms with E-state index in [2.05, 4.69) is 6.07 Å². The summed E-state index contributed by atoms with van der Waals surface area (Å²) in [5.41, 5.74) is 4.23. The first-order chi connectivity index (χ1) is 8.20. The molecule has 0 aliphatic carbocycles. The SMILES string of the molecule is CC(=N)c1ccc(-c2cccc(C#N)c2)cc1. The van der Waals surface area contributed by atoms with E-state index in [1.807, 2.05) is 42.5 Å². The van der Waals surface area contributed by atoms with E-state index in [0.717, 1.165) is 16.7 Å². The van der Waals surface area contributed by atoms with Crippen molar-refractivity contribution < 1.29 is 0 Å². The third kappa shape index (κ3) is 2.40. The number of benzene rings is 2. The van der Waals surface area contributed by atoms with E-state index in [1.165, 1.54) is 0 Å². The van der Waals surface area contributed by atoms with Gasteiger partial charge in [-0.3, -0.25) is 0 Å². The van der Waals surface area contributed by atoms with Gasteiger partial charge in [-0.25, -0.2) is 0 Å². The molecule has 82 valence electrons. The summed E-state index contributed by atoms with van der Waals surface area (Å²) in [6, 6.07) is 17.5. The normalized spacial score (nSPS) is 9.65. The van der Waals surface area contributed by atoms with E-state index < -0.39 is 0 Å². The highest BCUT2D eigenvalue weighted by molar-refractivity contribution is 5.96. The first kappa shape index (κ1) is 11.1. The standard InChI is InChI=1S/C15H12N2/c1-11(17)13-5-7-14(8-6-13)15-4-2-3-12(9-15)10-16/h2-9,17H,1H3. The predicted molar refractivity (Wildman–Crippen MR) is 69.1 cm³/mol. The molecule has 0 aromatic heterocycles. The summed E-state index contributed by atoms with van der Waals surface area (Å²) in [6.07, 6.45) is 0. The summed E-state index contributed by atoms with van der Waals surface area (Å²) in [4.78, 5) is 0. The van der Waals surface area contributed by atoms with Crippen LogP contribution in [0.15, 0.2) is 48.5 Å². The molecule has 0 aliphatic heterocycles. The fraction of sp³-hybridized carbons (Fsp3) is 0.0667. The van der Waals surface area contributed by atoms with Crippen LogP contribution in [0.4, 0.5) is 0 Å². The molecule has 2 heteroatoms. The molecule has 0 heterocycles. The Morgan fingerprint density at radius 2 is 1.76 bits per heavy atom. The van der Waals surface area contributed by atoms with E-state index in [9.17, 15) is 0 Å². The summed E-state index contributed by atoms with van der Waals surface area (Å²) in [5, 5.41) is 16.4. The number of rotatable bonds is 2. The number of nitrogens with one attached hydrogen (secondary N) is 1. The fourth-order valence-electron chi connectivity index (χ4n) is 1.68. The van der Waals surface area contributed by atoms with Crippen LogP contribution in [0.3, 0.4) is 0 Å². The van der Waals surface area contributed by atoms with Gasteiger partial charge in [-0.1, -0.05) is 36.4 Å². The lowest BCUT2D eigenvalue weighted by atomic mass is 10.0. The van der Waals surface area contributed by atoms with Gasteiger partial charge in [0, 0.05) is 5.71 Å². The zero-order valence-electron chi connectivity index (χ0n) is 9.57. The van der Waals surface area contributed by atoms with Crippen molar-refractivity contribution in [3.8, 4) is 17.2 Å². The van der Waals surface area contributed by atoms with Crippen LogP contribution in [0, 0.1) is 16.7 Å². The van der Waals surface area contributed by atoms with E-state index in [0.29, 0.717) is 11.3 Å². The molecule has 17 heavy (non-hydrogen) atoms. The topological polar surface area (TPSA) is 47.6 Å². The van der Waals surface area contributed by atoms with Gasteiger partial charge in [-0.15, -0.1) is 0 Å². The molecule has 0 aliphatic rings. The zero-order valence-corrected chi connectivity index (χ0v) is 9.57. The van der Waals surface area contributed by atoms with E-state index in [4.69, 9.17) is 10.7 Å². The molecule has 0 atom stereocenters. The van der Waals surface area contributed by atoms with Gasteiger partial charge in [0.15, 0.2) is 0 Å². The van der Waals surface area contributed by atoms with Gasteiger partial charge in [-0.05, 0) is 35.7 Å². The maximum absolute atomic E-state index is 8.85. The molecule has 0 radical (unpaired) electrons. The summed E-state index contributed by atoms with van der Waals surface area (Å²) >= 11 is 0. The van der Waals surface area contributed by atoms with Gasteiger partial charge < -0.3 is 5.41 Å². The fourth-order valence-corrected chi connectivity index (χ4v) is 1.68. The second kappa shape index (κ2) is 4.63. The summed E-state index contributed by atoms with van der Waals surface area (Å²) < 4.78 is 0. The molecule has 2 rings (SSSR count). The van der Waals surface area contributed by atoms with E-state index >= 15 is 0 Å². The molecule has 0 amide bonds. The Labute approximate surface area is 101 Å². The lowest BCUT2D eigenvalue weighted by molar-refractivity contribution is 1.45. The van der Waals surface area contributed by atoms with Crippen molar-refractivity contribution in [1.82, 2.24) is 0 Å². The van der Waals surface area contributed by atoms with Crippen LogP contribution in [0.1, 0.15) is 18.1 Å². The van der Waals surface area contributed by atoms with Crippen LogP contribution in [-0.4, -0.2) is 5.71 Å². The Morgan fingerprint density at radius 1 is 1.06 bits per heavy atom. The highest BCUT2D eigenvalue weighted by atomic mass is 14.4. The predicted octanol–water partition coefficient (Wildman–Crippen LogP) is 3.61. The second-order valence-electron chi connectivity index (χ2n) is 3.89. The van der Waals surface area contributed by atoms with Crippen LogP contribution in [0.5, 0.6) is 0 Å². The smallest absolute Gasteiger partial charge is 0.0991 e. The summed E-state index contributed by atoms with van der Waals surface area (Å²) in [5.74, 6) is 0. The van der Waals surface area contributed by atoms with Crippen molar-refractivity contribution in [3.63, 3.8) is 0 Å². The van der Waals surface area contributed by atoms with Crippen LogP contribution in [0.25, 0.3) is 11.1 Å². The quantitative estimate of drug-likeness (QED) is 0.772. The first-order valence-corrected chi connectivity index (χ1v) is 5.37. The molecule has 2 aromatic rings. The van der Waals surface area contributed by atoms with Gasteiger partial charge in [0.05, 0.1) is 11.6 Å². The molecule has 2 nitrogen and oxygen atoms in total. The Kier molecular flexibility index (Phi) is 3.02. The zero-order chi connectivity index (χ0) is 12.3. The Bertz CT molecular complexity index is 589. The Morgan fingerprint density at radius 3 is 2.35 bits per heavy atom. The largest absolute Gasteiger partial charge is 0.305 e. The van der Waals surface area contributed by atoms with Crippen molar-refractivity contribution in [3.05, 3.63) is 59.7 Å². The lowest BCUT2D eigenvalue weighted by Gasteiger charge is -2.03. The second-order valence-corrected chi connectivity index (χ2v) is 3.89. The van der Waals surface area contributed by atoms with Gasteiger partial charge in [-0.2, -0.15) is 5.26 Å². The molecule has 0 bridgehead atoms. The van der Waals surface area contributed by atoms with Crippen molar-refractivity contribution in [2.45, 2.75) is 6.92 Å². The van der Waals surface area contributed by atoms with Crippen LogP contribution < -0.4 is 0 Å². The monoisotopic (exact) mass is 220 g/mol. The van der Waals surface area contributed by atoms with Crippen molar-refractivity contribution in [1.29, 1.82) is 10.7 Å². The summed E-state index contributed by atoms with van der Waals surface area (Å²) in [7, 11) is 0. The van der Waals surface area contributed by atoms with Gasteiger partial charge in [0.25, 0.3) is 0 Å². The highest BCUT2D eigenvalue weighted by Crippen LogP contribution is 2.20. The third-order valence-corrected chi connectivity index (χ3v) is 2.64. The first-order valence-electron chi connectivity index (χ1n) is 5.37. The molecule has 0 spiro atoms. The van der Waals surface area contributed by atoms with E-state index in [-0.39, 0.29) is 0 Å².